The quantitative estimate of drug-likeness (QED) is 0.702. The topological polar surface area (TPSA) is 73.2 Å². The predicted octanol–water partition coefficient (Wildman–Crippen LogP) is 1.19. The minimum absolute atomic E-state index is 0.0880. The molecule has 0 radical (unpaired) electrons. The summed E-state index contributed by atoms with van der Waals surface area (Å²) in [6.07, 6.45) is 0. The third-order valence-corrected chi connectivity index (χ3v) is 2.20. The average molecular weight is 210 g/mol. The first-order chi connectivity index (χ1) is 6.69. The average Bonchev–Trinajstić information content (AvgIpc) is 2.18. The fourth-order valence-electron chi connectivity index (χ4n) is 0.982. The zero-order chi connectivity index (χ0) is 10.6. The van der Waals surface area contributed by atoms with Gasteiger partial charge in [-0.2, -0.15) is 5.26 Å². The molecule has 0 amide bonds. The van der Waals surface area contributed by atoms with Gasteiger partial charge in [0, 0.05) is 4.90 Å². The van der Waals surface area contributed by atoms with Gasteiger partial charge in [-0.1, -0.05) is 0 Å². The number of nitriles is 1. The third kappa shape index (κ3) is 2.31. The number of benzene rings is 1. The molecular weight excluding hydrogens is 202 g/mol. The SMILES string of the molecule is CCOc1ccc(S(=O)[O-])cc1C#N. The maximum atomic E-state index is 10.6. The van der Waals surface area contributed by atoms with E-state index in [2.05, 4.69) is 0 Å². The summed E-state index contributed by atoms with van der Waals surface area (Å²) < 4.78 is 26.3. The van der Waals surface area contributed by atoms with Gasteiger partial charge in [-0.25, -0.2) is 0 Å². The highest BCUT2D eigenvalue weighted by Gasteiger charge is 2.04. The number of rotatable bonds is 3. The number of nitrogens with zero attached hydrogens (tertiary/aromatic N) is 1. The van der Waals surface area contributed by atoms with Crippen molar-refractivity contribution >= 4 is 11.1 Å². The summed E-state index contributed by atoms with van der Waals surface area (Å²) in [6.45, 7) is 2.23. The fourth-order valence-corrected chi connectivity index (χ4v) is 1.37. The molecule has 0 saturated heterocycles. The highest BCUT2D eigenvalue weighted by atomic mass is 32.2. The molecule has 1 unspecified atom stereocenters. The molecule has 0 fully saturated rings. The van der Waals surface area contributed by atoms with Gasteiger partial charge in [-0.3, -0.25) is 4.21 Å². The van der Waals surface area contributed by atoms with Crippen LogP contribution in [0, 0.1) is 11.3 Å². The van der Waals surface area contributed by atoms with Crippen LogP contribution in [0.4, 0.5) is 0 Å². The van der Waals surface area contributed by atoms with E-state index in [4.69, 9.17) is 10.00 Å². The summed E-state index contributed by atoms with van der Waals surface area (Å²) in [4.78, 5) is 0.0880. The van der Waals surface area contributed by atoms with Gasteiger partial charge >= 0.3 is 0 Å². The summed E-state index contributed by atoms with van der Waals surface area (Å²) in [6, 6.07) is 6.04. The van der Waals surface area contributed by atoms with E-state index in [-0.39, 0.29) is 10.5 Å². The monoisotopic (exact) mass is 210 g/mol. The normalized spacial score (nSPS) is 11.8. The van der Waals surface area contributed by atoms with Crippen LogP contribution in [-0.4, -0.2) is 15.4 Å². The van der Waals surface area contributed by atoms with Gasteiger partial charge in [0.05, 0.1) is 12.2 Å². The molecule has 0 spiro atoms. The molecule has 0 aliphatic carbocycles. The van der Waals surface area contributed by atoms with Gasteiger partial charge in [0.25, 0.3) is 0 Å². The minimum Gasteiger partial charge on any atom is -0.768 e. The molecule has 1 aromatic carbocycles. The van der Waals surface area contributed by atoms with Crippen molar-refractivity contribution in [2.75, 3.05) is 6.61 Å². The molecule has 4 nitrogen and oxygen atoms in total. The zero-order valence-corrected chi connectivity index (χ0v) is 8.34. The Morgan fingerprint density at radius 1 is 1.64 bits per heavy atom. The Hall–Kier alpha value is -1.38. The fraction of sp³-hybridized carbons (Fsp3) is 0.222. The van der Waals surface area contributed by atoms with Crippen molar-refractivity contribution in [1.82, 2.24) is 0 Å². The van der Waals surface area contributed by atoms with E-state index >= 15 is 0 Å². The highest BCUT2D eigenvalue weighted by molar-refractivity contribution is 7.79. The van der Waals surface area contributed by atoms with E-state index in [0.717, 1.165) is 0 Å². The molecule has 1 aromatic rings. The lowest BCUT2D eigenvalue weighted by atomic mass is 10.2. The summed E-state index contributed by atoms with van der Waals surface area (Å²) >= 11 is -2.31. The van der Waals surface area contributed by atoms with Crippen LogP contribution >= 0.6 is 0 Å². The lowest BCUT2D eigenvalue weighted by molar-refractivity contribution is 0.339. The molecule has 1 rings (SSSR count). The van der Waals surface area contributed by atoms with Crippen LogP contribution in [0.1, 0.15) is 12.5 Å². The molecule has 5 heteroatoms. The molecule has 0 aliphatic heterocycles. The van der Waals surface area contributed by atoms with Crippen LogP contribution < -0.4 is 4.74 Å². The molecule has 74 valence electrons. The molecule has 0 aliphatic rings. The Labute approximate surface area is 84.4 Å². The predicted molar refractivity (Wildman–Crippen MR) is 49.5 cm³/mol. The van der Waals surface area contributed by atoms with E-state index < -0.39 is 11.1 Å². The maximum absolute atomic E-state index is 10.6. The maximum Gasteiger partial charge on any atom is 0.137 e. The Balaban J connectivity index is 3.13. The molecule has 1 atom stereocenters. The second-order valence-corrected chi connectivity index (χ2v) is 3.38. The second-order valence-electron chi connectivity index (χ2n) is 2.44. The van der Waals surface area contributed by atoms with Crippen LogP contribution in [0.3, 0.4) is 0 Å². The first kappa shape index (κ1) is 10.7. The molecular formula is C9H8NO3S-. The summed E-state index contributed by atoms with van der Waals surface area (Å²) in [5.74, 6) is 0.407. The summed E-state index contributed by atoms with van der Waals surface area (Å²) in [5.41, 5.74) is 0.230. The molecule has 14 heavy (non-hydrogen) atoms. The van der Waals surface area contributed by atoms with Crippen molar-refractivity contribution < 1.29 is 13.5 Å². The summed E-state index contributed by atoms with van der Waals surface area (Å²) in [7, 11) is 0. The lowest BCUT2D eigenvalue weighted by Crippen LogP contribution is -1.96. The van der Waals surface area contributed by atoms with Gasteiger partial charge in [0.1, 0.15) is 11.8 Å². The molecule has 0 bridgehead atoms. The van der Waals surface area contributed by atoms with Gasteiger partial charge < -0.3 is 9.29 Å². The van der Waals surface area contributed by atoms with Gasteiger partial charge in [-0.15, -0.1) is 0 Å². The van der Waals surface area contributed by atoms with Crippen molar-refractivity contribution in [2.24, 2.45) is 0 Å². The smallest absolute Gasteiger partial charge is 0.137 e. The van der Waals surface area contributed by atoms with Gasteiger partial charge in [0.15, 0.2) is 0 Å². The van der Waals surface area contributed by atoms with Crippen molar-refractivity contribution in [3.63, 3.8) is 0 Å². The van der Waals surface area contributed by atoms with E-state index in [9.17, 15) is 8.76 Å². The largest absolute Gasteiger partial charge is 0.768 e. The standard InChI is InChI=1S/C9H9NO3S/c1-2-13-9-4-3-8(14(11)12)5-7(9)6-10/h3-5H,2H2,1H3,(H,11,12)/p-1. The number of ether oxygens (including phenoxy) is 1. The van der Waals surface area contributed by atoms with Gasteiger partial charge in [0.2, 0.25) is 0 Å². The highest BCUT2D eigenvalue weighted by Crippen LogP contribution is 2.20. The lowest BCUT2D eigenvalue weighted by Gasteiger charge is -2.08. The van der Waals surface area contributed by atoms with Crippen molar-refractivity contribution in [1.29, 1.82) is 5.26 Å². The second kappa shape index (κ2) is 4.74. The Kier molecular flexibility index (Phi) is 3.63. The van der Waals surface area contributed by atoms with Crippen LogP contribution in [0.15, 0.2) is 23.1 Å². The Bertz CT molecular complexity index is 398. The Morgan fingerprint density at radius 2 is 2.36 bits per heavy atom. The van der Waals surface area contributed by atoms with E-state index in [1.54, 1.807) is 6.92 Å². The first-order valence-electron chi connectivity index (χ1n) is 3.95. The Morgan fingerprint density at radius 3 is 2.86 bits per heavy atom. The molecule has 0 N–H and O–H groups in total. The molecule has 0 aromatic heterocycles. The van der Waals surface area contributed by atoms with Crippen LogP contribution in [-0.2, 0) is 11.1 Å². The van der Waals surface area contributed by atoms with Crippen molar-refractivity contribution in [3.8, 4) is 11.8 Å². The van der Waals surface area contributed by atoms with Crippen LogP contribution in [0.2, 0.25) is 0 Å². The van der Waals surface area contributed by atoms with E-state index in [1.807, 2.05) is 6.07 Å². The number of hydrogen-bond acceptors (Lipinski definition) is 4. The van der Waals surface area contributed by atoms with E-state index in [0.29, 0.717) is 12.4 Å². The summed E-state index contributed by atoms with van der Waals surface area (Å²) in [5, 5.41) is 8.72. The molecule has 0 saturated carbocycles. The minimum atomic E-state index is -2.31. The zero-order valence-electron chi connectivity index (χ0n) is 7.52. The first-order valence-corrected chi connectivity index (χ1v) is 5.02. The van der Waals surface area contributed by atoms with Gasteiger partial charge in [-0.05, 0) is 36.2 Å². The van der Waals surface area contributed by atoms with Crippen molar-refractivity contribution in [3.05, 3.63) is 23.8 Å². The number of hydrogen-bond donors (Lipinski definition) is 0. The third-order valence-electron chi connectivity index (χ3n) is 1.56. The van der Waals surface area contributed by atoms with Crippen LogP contribution in [0.25, 0.3) is 0 Å². The van der Waals surface area contributed by atoms with E-state index in [1.165, 1.54) is 18.2 Å². The van der Waals surface area contributed by atoms with Crippen LogP contribution in [0.5, 0.6) is 5.75 Å². The van der Waals surface area contributed by atoms with Crippen molar-refractivity contribution in [2.45, 2.75) is 11.8 Å². The molecule has 0 heterocycles.